The van der Waals surface area contributed by atoms with E-state index in [4.69, 9.17) is 16.3 Å². The van der Waals surface area contributed by atoms with E-state index in [1.165, 1.54) is 44.0 Å². The first-order chi connectivity index (χ1) is 21.1. The quantitative estimate of drug-likeness (QED) is 0.348. The molecule has 1 aromatic carbocycles. The smallest absolute Gasteiger partial charge is 0.307 e. The van der Waals surface area contributed by atoms with Crippen LogP contribution in [-0.2, 0) is 9.59 Å². The van der Waals surface area contributed by atoms with Crippen molar-refractivity contribution in [3.05, 3.63) is 80.5 Å². The summed E-state index contributed by atoms with van der Waals surface area (Å²) in [5.41, 5.74) is 0.915. The van der Waals surface area contributed by atoms with Crippen molar-refractivity contribution in [2.75, 3.05) is 7.05 Å². The molecule has 1 fully saturated rings. The number of ether oxygens (including phenoxy) is 1. The number of alkyl halides is 2. The van der Waals surface area contributed by atoms with Gasteiger partial charge >= 0.3 is 5.56 Å². The SMILES string of the molecule is CC(=O)N(C)C([C@H]1CC[C@@H](c2cccc(Cl)c2)N1C(=O)[C@@H](C)NC(=O)c1ccc(Oc2cc(C)n[nH]c2=O)c(C)n1)C(C)(F)F. The van der Waals surface area contributed by atoms with Gasteiger partial charge < -0.3 is 19.9 Å². The van der Waals surface area contributed by atoms with Crippen LogP contribution in [0.1, 0.15) is 67.1 Å². The molecule has 1 aliphatic heterocycles. The normalized spacial score (nSPS) is 17.8. The van der Waals surface area contributed by atoms with E-state index in [0.29, 0.717) is 28.4 Å². The number of H-pyrrole nitrogens is 1. The third-order valence-electron chi connectivity index (χ3n) is 7.82. The van der Waals surface area contributed by atoms with Crippen LogP contribution in [0.3, 0.4) is 0 Å². The second-order valence-corrected chi connectivity index (χ2v) is 11.7. The van der Waals surface area contributed by atoms with Crippen LogP contribution in [-0.4, -0.2) is 73.8 Å². The summed E-state index contributed by atoms with van der Waals surface area (Å²) in [7, 11) is 1.29. The maximum Gasteiger partial charge on any atom is 0.307 e. The van der Waals surface area contributed by atoms with Gasteiger partial charge in [0.05, 0.1) is 23.5 Å². The van der Waals surface area contributed by atoms with Crippen LogP contribution in [0, 0.1) is 13.8 Å². The zero-order chi connectivity index (χ0) is 33.2. The van der Waals surface area contributed by atoms with Gasteiger partial charge in [-0.05, 0) is 63.4 Å². The Morgan fingerprint density at radius 2 is 1.87 bits per heavy atom. The van der Waals surface area contributed by atoms with Gasteiger partial charge in [0.25, 0.3) is 11.8 Å². The highest BCUT2D eigenvalue weighted by atomic mass is 35.5. The molecular weight excluding hydrogens is 610 g/mol. The highest BCUT2D eigenvalue weighted by Gasteiger charge is 2.52. The van der Waals surface area contributed by atoms with E-state index in [9.17, 15) is 19.2 Å². The Labute approximate surface area is 263 Å². The van der Waals surface area contributed by atoms with Crippen molar-refractivity contribution in [3.8, 4) is 11.5 Å². The number of aromatic amines is 1. The highest BCUT2D eigenvalue weighted by Crippen LogP contribution is 2.42. The molecular formula is C31H35ClF2N6O5. The molecule has 3 aromatic rings. The molecule has 11 nitrogen and oxygen atoms in total. The minimum Gasteiger partial charge on any atom is -0.450 e. The summed E-state index contributed by atoms with van der Waals surface area (Å²) >= 11 is 6.23. The largest absolute Gasteiger partial charge is 0.450 e. The number of carbonyl (C=O) groups excluding carboxylic acids is 3. The predicted molar refractivity (Wildman–Crippen MR) is 162 cm³/mol. The second kappa shape index (κ2) is 13.3. The zero-order valence-corrected chi connectivity index (χ0v) is 26.5. The Kier molecular flexibility index (Phi) is 9.91. The molecule has 4 rings (SSSR count). The van der Waals surface area contributed by atoms with Gasteiger partial charge in [-0.15, -0.1) is 0 Å². The third-order valence-corrected chi connectivity index (χ3v) is 8.06. The molecule has 4 atom stereocenters. The van der Waals surface area contributed by atoms with Gasteiger partial charge in [-0.1, -0.05) is 23.7 Å². The maximum atomic E-state index is 15.1. The summed E-state index contributed by atoms with van der Waals surface area (Å²) in [6.07, 6.45) is 0.537. The van der Waals surface area contributed by atoms with Gasteiger partial charge in [0.2, 0.25) is 11.8 Å². The number of benzene rings is 1. The fraction of sp³-hybridized carbons (Fsp3) is 0.419. The van der Waals surface area contributed by atoms with Crippen LogP contribution in [0.4, 0.5) is 8.78 Å². The Hall–Kier alpha value is -4.39. The summed E-state index contributed by atoms with van der Waals surface area (Å²) in [4.78, 5) is 58.2. The second-order valence-electron chi connectivity index (χ2n) is 11.3. The Balaban J connectivity index is 1.60. The first kappa shape index (κ1) is 33.5. The Morgan fingerprint density at radius 3 is 2.49 bits per heavy atom. The molecule has 3 amide bonds. The van der Waals surface area contributed by atoms with Crippen LogP contribution >= 0.6 is 11.6 Å². The van der Waals surface area contributed by atoms with E-state index >= 15 is 8.78 Å². The van der Waals surface area contributed by atoms with Crippen LogP contribution < -0.4 is 15.6 Å². The van der Waals surface area contributed by atoms with Crippen LogP contribution in [0.25, 0.3) is 0 Å². The fourth-order valence-corrected chi connectivity index (χ4v) is 5.85. The number of rotatable bonds is 9. The fourth-order valence-electron chi connectivity index (χ4n) is 5.65. The van der Waals surface area contributed by atoms with E-state index in [1.807, 2.05) is 0 Å². The number of halogens is 3. The van der Waals surface area contributed by atoms with E-state index in [-0.39, 0.29) is 23.6 Å². The molecule has 0 bridgehead atoms. The molecule has 0 spiro atoms. The first-order valence-electron chi connectivity index (χ1n) is 14.3. The van der Waals surface area contributed by atoms with Crippen LogP contribution in [0.2, 0.25) is 5.02 Å². The number of hydrogen-bond acceptors (Lipinski definition) is 7. The van der Waals surface area contributed by atoms with E-state index in [2.05, 4.69) is 20.5 Å². The van der Waals surface area contributed by atoms with Gasteiger partial charge in [-0.2, -0.15) is 5.10 Å². The number of amides is 3. The number of nitrogens with one attached hydrogen (secondary N) is 2. The summed E-state index contributed by atoms with van der Waals surface area (Å²) < 4.78 is 35.9. The minimum absolute atomic E-state index is 0.00428. The summed E-state index contributed by atoms with van der Waals surface area (Å²) in [6.45, 7) is 6.65. The molecule has 45 heavy (non-hydrogen) atoms. The topological polar surface area (TPSA) is 138 Å². The van der Waals surface area contributed by atoms with Crippen molar-refractivity contribution in [1.82, 2.24) is 30.3 Å². The average molecular weight is 645 g/mol. The molecule has 2 N–H and O–H groups in total. The monoisotopic (exact) mass is 644 g/mol. The number of hydrogen-bond donors (Lipinski definition) is 2. The number of carbonyl (C=O) groups is 3. The Morgan fingerprint density at radius 1 is 1.16 bits per heavy atom. The molecule has 0 aliphatic carbocycles. The van der Waals surface area contributed by atoms with Gasteiger partial charge in [0.1, 0.15) is 23.5 Å². The first-order valence-corrected chi connectivity index (χ1v) is 14.7. The molecule has 0 saturated carbocycles. The number of pyridine rings is 1. The molecule has 14 heteroatoms. The lowest BCUT2D eigenvalue weighted by molar-refractivity contribution is -0.151. The van der Waals surface area contributed by atoms with Gasteiger partial charge in [0, 0.05) is 32.0 Å². The van der Waals surface area contributed by atoms with Crippen LogP contribution in [0.5, 0.6) is 11.5 Å². The molecule has 1 aliphatic rings. The van der Waals surface area contributed by atoms with Crippen molar-refractivity contribution in [1.29, 1.82) is 0 Å². The lowest BCUT2D eigenvalue weighted by Gasteiger charge is -2.42. The minimum atomic E-state index is -3.34. The third kappa shape index (κ3) is 7.47. The van der Waals surface area contributed by atoms with Crippen molar-refractivity contribution >= 4 is 29.3 Å². The number of aromatic nitrogens is 3. The maximum absolute atomic E-state index is 15.1. The van der Waals surface area contributed by atoms with Gasteiger partial charge in [-0.3, -0.25) is 19.2 Å². The summed E-state index contributed by atoms with van der Waals surface area (Å²) in [6, 6.07) is 6.67. The van der Waals surface area contributed by atoms with Crippen molar-refractivity contribution in [2.24, 2.45) is 0 Å². The number of likely N-dealkylation sites (N-methyl/N-ethyl adjacent to an activating group) is 1. The van der Waals surface area contributed by atoms with E-state index < -0.39 is 53.4 Å². The van der Waals surface area contributed by atoms with E-state index in [1.54, 1.807) is 38.1 Å². The van der Waals surface area contributed by atoms with E-state index in [0.717, 1.165) is 11.8 Å². The van der Waals surface area contributed by atoms with Crippen molar-refractivity contribution in [3.63, 3.8) is 0 Å². The summed E-state index contributed by atoms with van der Waals surface area (Å²) in [5.74, 6) is -4.96. The molecule has 240 valence electrons. The lowest BCUT2D eigenvalue weighted by Crippen LogP contribution is -2.60. The van der Waals surface area contributed by atoms with Crippen molar-refractivity contribution in [2.45, 2.75) is 77.6 Å². The van der Waals surface area contributed by atoms with Gasteiger partial charge in [-0.25, -0.2) is 18.9 Å². The number of aryl methyl sites for hydroxylation is 2. The molecule has 1 saturated heterocycles. The average Bonchev–Trinajstić information content (AvgIpc) is 3.38. The molecule has 1 unspecified atom stereocenters. The standard InChI is InChI=1S/C31H35ClF2N6O5/c1-16-14-26(29(43)38-37-16)45-25-13-10-22(35-17(25)2)28(42)36-18(3)30(44)40-23(20-8-7-9-21(32)15-20)11-12-24(40)27(31(5,33)34)39(6)19(4)41/h7-10,13-15,18,23-24,27H,11-12H2,1-6H3,(H,36,42)(H,38,43)/t18-,23+,24-,27?/m1/s1. The van der Waals surface area contributed by atoms with Crippen LogP contribution in [0.15, 0.2) is 47.3 Å². The number of nitrogens with zero attached hydrogens (tertiary/aromatic N) is 4. The lowest BCUT2D eigenvalue weighted by atomic mass is 9.98. The number of likely N-dealkylation sites (tertiary alicyclic amines) is 1. The Bertz CT molecular complexity index is 1660. The zero-order valence-electron chi connectivity index (χ0n) is 25.7. The molecule has 2 aromatic heterocycles. The summed E-state index contributed by atoms with van der Waals surface area (Å²) in [5, 5.41) is 9.17. The van der Waals surface area contributed by atoms with Gasteiger partial charge in [0.15, 0.2) is 5.75 Å². The predicted octanol–water partition coefficient (Wildman–Crippen LogP) is 4.58. The molecule has 3 heterocycles. The highest BCUT2D eigenvalue weighted by molar-refractivity contribution is 6.30. The van der Waals surface area contributed by atoms with Crippen molar-refractivity contribution < 1.29 is 27.9 Å². The molecule has 0 radical (unpaired) electrons.